The minimum atomic E-state index is -2.07. The van der Waals surface area contributed by atoms with Gasteiger partial charge in [0, 0.05) is 24.7 Å². The fraction of sp³-hybridized carbons (Fsp3) is 0.792. The maximum Gasteiger partial charge on any atom is 0.315 e. The van der Waals surface area contributed by atoms with E-state index in [4.69, 9.17) is 13.9 Å². The van der Waals surface area contributed by atoms with Crippen molar-refractivity contribution < 1.29 is 23.6 Å². The van der Waals surface area contributed by atoms with Crippen LogP contribution < -0.4 is 0 Å². The SMILES string of the molecule is COCCC/C(=C\C=C(C)C)CC(CCC(C[N+](=O)[O-])C(=O)OC)O[Si](C)(C)C(C)(C)C. The van der Waals surface area contributed by atoms with Crippen molar-refractivity contribution in [2.24, 2.45) is 5.92 Å². The Morgan fingerprint density at radius 3 is 2.22 bits per heavy atom. The van der Waals surface area contributed by atoms with Crippen LogP contribution in [-0.4, -0.2) is 52.7 Å². The number of hydrogen-bond acceptors (Lipinski definition) is 6. The molecule has 0 radical (unpaired) electrons. The van der Waals surface area contributed by atoms with Crippen molar-refractivity contribution >= 4 is 14.3 Å². The predicted molar refractivity (Wildman–Crippen MR) is 132 cm³/mol. The van der Waals surface area contributed by atoms with Crippen LogP contribution in [0.5, 0.6) is 0 Å². The van der Waals surface area contributed by atoms with Gasteiger partial charge >= 0.3 is 5.97 Å². The molecular weight excluding hydrogens is 426 g/mol. The molecule has 0 fully saturated rings. The van der Waals surface area contributed by atoms with Gasteiger partial charge in [-0.2, -0.15) is 0 Å². The summed E-state index contributed by atoms with van der Waals surface area (Å²) in [5.41, 5.74) is 2.48. The number of esters is 1. The number of carbonyl (C=O) groups excluding carboxylic acids is 1. The summed E-state index contributed by atoms with van der Waals surface area (Å²) in [4.78, 5) is 22.7. The molecule has 0 heterocycles. The lowest BCUT2D eigenvalue weighted by molar-refractivity contribution is -0.486. The minimum Gasteiger partial charge on any atom is -0.469 e. The molecule has 7 nitrogen and oxygen atoms in total. The molecule has 186 valence electrons. The van der Waals surface area contributed by atoms with E-state index in [0.29, 0.717) is 19.4 Å². The van der Waals surface area contributed by atoms with Crippen LogP contribution in [0.2, 0.25) is 18.1 Å². The molecule has 0 aromatic heterocycles. The number of hydrogen-bond donors (Lipinski definition) is 0. The molecule has 0 rings (SSSR count). The van der Waals surface area contributed by atoms with Gasteiger partial charge < -0.3 is 13.9 Å². The van der Waals surface area contributed by atoms with E-state index in [1.807, 2.05) is 0 Å². The lowest BCUT2D eigenvalue weighted by Gasteiger charge is -2.40. The number of rotatable bonds is 15. The molecule has 8 heteroatoms. The van der Waals surface area contributed by atoms with E-state index in [1.165, 1.54) is 18.3 Å². The molecule has 2 unspecified atom stereocenters. The van der Waals surface area contributed by atoms with Crippen LogP contribution in [0.3, 0.4) is 0 Å². The zero-order valence-corrected chi connectivity index (χ0v) is 22.7. The third-order valence-corrected chi connectivity index (χ3v) is 10.5. The van der Waals surface area contributed by atoms with Crippen LogP contribution in [0, 0.1) is 16.0 Å². The van der Waals surface area contributed by atoms with Crippen molar-refractivity contribution in [2.75, 3.05) is 27.4 Å². The molecule has 0 bridgehead atoms. The fourth-order valence-electron chi connectivity index (χ4n) is 3.09. The average Bonchev–Trinajstić information content (AvgIpc) is 2.66. The van der Waals surface area contributed by atoms with Gasteiger partial charge in [0.2, 0.25) is 6.54 Å². The van der Waals surface area contributed by atoms with E-state index >= 15 is 0 Å². The van der Waals surface area contributed by atoms with Crippen molar-refractivity contribution in [3.63, 3.8) is 0 Å². The summed E-state index contributed by atoms with van der Waals surface area (Å²) in [6.45, 7) is 15.4. The van der Waals surface area contributed by atoms with Gasteiger partial charge in [0.1, 0.15) is 5.92 Å². The monoisotopic (exact) mass is 471 g/mol. The molecule has 0 amide bonds. The summed E-state index contributed by atoms with van der Waals surface area (Å²) >= 11 is 0. The van der Waals surface area contributed by atoms with Gasteiger partial charge in [-0.25, -0.2) is 0 Å². The Hall–Kier alpha value is -1.51. The normalized spacial score (nSPS) is 14.6. The van der Waals surface area contributed by atoms with Gasteiger partial charge in [-0.1, -0.05) is 44.1 Å². The van der Waals surface area contributed by atoms with Crippen LogP contribution in [0.1, 0.15) is 66.7 Å². The van der Waals surface area contributed by atoms with E-state index in [1.54, 1.807) is 7.11 Å². The van der Waals surface area contributed by atoms with Gasteiger partial charge in [-0.05, 0) is 64.1 Å². The quantitative estimate of drug-likeness (QED) is 0.0734. The van der Waals surface area contributed by atoms with Crippen molar-refractivity contribution in [2.45, 2.75) is 91.0 Å². The first kappa shape index (κ1) is 30.5. The highest BCUT2D eigenvalue weighted by atomic mass is 28.4. The second kappa shape index (κ2) is 14.6. The second-order valence-electron chi connectivity index (χ2n) is 10.2. The van der Waals surface area contributed by atoms with E-state index in [9.17, 15) is 14.9 Å². The topological polar surface area (TPSA) is 87.9 Å². The Labute approximate surface area is 195 Å². The summed E-state index contributed by atoms with van der Waals surface area (Å²) in [6.07, 6.45) is 7.61. The van der Waals surface area contributed by atoms with Crippen molar-refractivity contribution in [1.82, 2.24) is 0 Å². The van der Waals surface area contributed by atoms with E-state index in [-0.39, 0.29) is 11.1 Å². The highest BCUT2D eigenvalue weighted by molar-refractivity contribution is 6.74. The zero-order chi connectivity index (χ0) is 24.9. The first-order valence-corrected chi connectivity index (χ1v) is 14.3. The molecule has 0 saturated carbocycles. The van der Waals surface area contributed by atoms with Gasteiger partial charge in [0.25, 0.3) is 0 Å². The fourth-order valence-corrected chi connectivity index (χ4v) is 4.48. The number of nitro groups is 1. The maximum atomic E-state index is 12.1. The van der Waals surface area contributed by atoms with E-state index < -0.39 is 31.7 Å². The number of ether oxygens (including phenoxy) is 2. The third-order valence-electron chi connectivity index (χ3n) is 6.00. The Morgan fingerprint density at radius 2 is 1.75 bits per heavy atom. The Morgan fingerprint density at radius 1 is 1.12 bits per heavy atom. The second-order valence-corrected chi connectivity index (χ2v) is 14.9. The molecule has 0 spiro atoms. The molecule has 0 N–H and O–H groups in total. The summed E-state index contributed by atoms with van der Waals surface area (Å²) in [6, 6.07) is 0. The molecule has 0 aromatic carbocycles. The molecular formula is C24H45NO6Si. The van der Waals surface area contributed by atoms with Gasteiger partial charge in [-0.3, -0.25) is 14.9 Å². The molecule has 0 aliphatic heterocycles. The van der Waals surface area contributed by atoms with Crippen LogP contribution >= 0.6 is 0 Å². The molecule has 0 aliphatic carbocycles. The number of allylic oxidation sites excluding steroid dienone is 3. The van der Waals surface area contributed by atoms with E-state index in [2.05, 4.69) is 59.9 Å². The lowest BCUT2D eigenvalue weighted by Crippen LogP contribution is -2.44. The number of carbonyl (C=O) groups is 1. The zero-order valence-electron chi connectivity index (χ0n) is 21.7. The molecule has 2 atom stereocenters. The summed E-state index contributed by atoms with van der Waals surface area (Å²) in [5, 5.41) is 11.1. The maximum absolute atomic E-state index is 12.1. The predicted octanol–water partition coefficient (Wildman–Crippen LogP) is 5.93. The highest BCUT2D eigenvalue weighted by Crippen LogP contribution is 2.39. The lowest BCUT2D eigenvalue weighted by atomic mass is 9.95. The highest BCUT2D eigenvalue weighted by Gasteiger charge is 2.39. The summed E-state index contributed by atoms with van der Waals surface area (Å²) in [5.74, 6) is -1.30. The largest absolute Gasteiger partial charge is 0.469 e. The molecule has 0 aromatic rings. The van der Waals surface area contributed by atoms with Crippen molar-refractivity contribution in [1.29, 1.82) is 0 Å². The van der Waals surface area contributed by atoms with Crippen LogP contribution in [0.4, 0.5) is 0 Å². The molecule has 32 heavy (non-hydrogen) atoms. The van der Waals surface area contributed by atoms with Gasteiger partial charge in [0.15, 0.2) is 8.32 Å². The Bertz CT molecular complexity index is 647. The standard InChI is InChI=1S/C24H45NO6Si/c1-19(2)12-13-20(11-10-16-29-6)17-22(31-32(8,9)24(3,4)5)15-14-21(18-25(27)28)23(26)30-7/h12-13,21-22H,10-11,14-18H2,1-9H3/b20-13+. The number of methoxy groups -OCH3 is 2. The smallest absolute Gasteiger partial charge is 0.315 e. The van der Waals surface area contributed by atoms with Gasteiger partial charge in [-0.15, -0.1) is 0 Å². The third kappa shape index (κ3) is 12.5. The first-order valence-electron chi connectivity index (χ1n) is 11.4. The summed E-state index contributed by atoms with van der Waals surface area (Å²) in [7, 11) is 0.898. The van der Waals surface area contributed by atoms with Crippen LogP contribution in [-0.2, 0) is 18.7 Å². The summed E-state index contributed by atoms with van der Waals surface area (Å²) < 4.78 is 16.8. The average molecular weight is 472 g/mol. The van der Waals surface area contributed by atoms with E-state index in [0.717, 1.165) is 19.3 Å². The van der Waals surface area contributed by atoms with Gasteiger partial charge in [0.05, 0.1) is 7.11 Å². The Balaban J connectivity index is 5.72. The van der Waals surface area contributed by atoms with Crippen LogP contribution in [0.25, 0.3) is 0 Å². The first-order chi connectivity index (χ1) is 14.7. The van der Waals surface area contributed by atoms with Crippen LogP contribution in [0.15, 0.2) is 23.3 Å². The molecule has 0 saturated heterocycles. The van der Waals surface area contributed by atoms with Crippen molar-refractivity contribution in [3.05, 3.63) is 33.4 Å². The minimum absolute atomic E-state index is 0.0354. The number of nitrogens with zero attached hydrogens (tertiary/aromatic N) is 1. The molecule has 0 aliphatic rings. The van der Waals surface area contributed by atoms with Crippen molar-refractivity contribution in [3.8, 4) is 0 Å². The Kier molecular flexibility index (Phi) is 13.9.